The number of fused-ring (bicyclic) bond motifs is 2. The molecule has 13 nitrogen and oxygen atoms in total. The third-order valence-electron chi connectivity index (χ3n) is 11.4. The summed E-state index contributed by atoms with van der Waals surface area (Å²) in [7, 11) is 0. The molecule has 0 unspecified atom stereocenters. The van der Waals surface area contributed by atoms with Gasteiger partial charge >= 0.3 is 18.2 Å². The van der Waals surface area contributed by atoms with Gasteiger partial charge in [-0.15, -0.1) is 0 Å². The number of carboxylic acids is 1. The van der Waals surface area contributed by atoms with Gasteiger partial charge in [-0.2, -0.15) is 28.1 Å². The second-order valence-electron chi connectivity index (χ2n) is 15.3. The molecule has 4 aliphatic rings. The first kappa shape index (κ1) is 39.7. The van der Waals surface area contributed by atoms with Gasteiger partial charge in [-0.05, 0) is 103 Å². The highest BCUT2D eigenvalue weighted by atomic mass is 35.5. The van der Waals surface area contributed by atoms with Gasteiger partial charge in [0.2, 0.25) is 17.7 Å². The van der Waals surface area contributed by atoms with Crippen molar-refractivity contribution in [2.45, 2.75) is 77.1 Å². The minimum absolute atomic E-state index is 0.0300. The molecule has 1 aromatic heterocycles. The van der Waals surface area contributed by atoms with Gasteiger partial charge in [-0.1, -0.05) is 44.5 Å². The summed E-state index contributed by atoms with van der Waals surface area (Å²) in [4.78, 5) is 62.5. The van der Waals surface area contributed by atoms with Crippen LogP contribution in [-0.2, 0) is 19.9 Å². The van der Waals surface area contributed by atoms with E-state index in [9.17, 15) is 37.5 Å². The first-order chi connectivity index (χ1) is 25.9. The topological polar surface area (TPSA) is 185 Å². The molecule has 2 bridgehead atoms. The van der Waals surface area contributed by atoms with E-state index in [0.717, 1.165) is 18.4 Å². The van der Waals surface area contributed by atoms with Crippen LogP contribution in [0, 0.1) is 29.1 Å². The number of carboxylic acid groups (broad SMARTS) is 1. The van der Waals surface area contributed by atoms with E-state index in [2.05, 4.69) is 57.0 Å². The summed E-state index contributed by atoms with van der Waals surface area (Å²) in [6.45, 7) is 4.91. The number of rotatable bonds is 16. The van der Waals surface area contributed by atoms with Crippen LogP contribution < -0.4 is 26.0 Å². The highest BCUT2D eigenvalue weighted by molar-refractivity contribution is 6.36. The number of aliphatic carboxylic acids is 1. The lowest BCUT2D eigenvalue weighted by atomic mass is 9.43. The first-order valence-corrected chi connectivity index (χ1v) is 18.5. The lowest BCUT2D eigenvalue weighted by Crippen LogP contribution is -2.55. The number of carbonyl (C=O) groups excluding carboxylic acids is 3. The van der Waals surface area contributed by atoms with Gasteiger partial charge in [0.05, 0.1) is 5.54 Å². The Hall–Kier alpha value is -4.99. The minimum Gasteiger partial charge on any atom is -0.480 e. The van der Waals surface area contributed by atoms with Gasteiger partial charge in [0.15, 0.2) is 6.61 Å². The van der Waals surface area contributed by atoms with Crippen molar-refractivity contribution in [1.29, 1.82) is 0 Å². The summed E-state index contributed by atoms with van der Waals surface area (Å²) in [6, 6.07) is 10.9. The van der Waals surface area contributed by atoms with Crippen LogP contribution >= 0.6 is 11.6 Å². The zero-order chi connectivity index (χ0) is 39.7. The number of anilines is 3. The second kappa shape index (κ2) is 15.6. The summed E-state index contributed by atoms with van der Waals surface area (Å²) in [6.07, 6.45) is -1.15. The van der Waals surface area contributed by atoms with E-state index in [0.29, 0.717) is 41.3 Å². The number of Topliss-reactive ketones (excluding diaryl/α,β-unsaturated/α-hetero) is 1. The molecule has 4 aliphatic carbocycles. The number of nitrogens with zero attached hydrogens (tertiary/aromatic N) is 3. The van der Waals surface area contributed by atoms with E-state index < -0.39 is 53.9 Å². The number of alkyl halides is 3. The quantitative estimate of drug-likeness (QED) is 0.103. The second-order valence-corrected chi connectivity index (χ2v) is 15.8. The molecular weight excluding hydrogens is 743 g/mol. The molecule has 4 saturated carbocycles. The maximum Gasteiger partial charge on any atom is 0.422 e. The van der Waals surface area contributed by atoms with Gasteiger partial charge in [-0.3, -0.25) is 14.4 Å². The number of nitrogens with one attached hydrogen (secondary N) is 4. The van der Waals surface area contributed by atoms with Crippen LogP contribution in [0.2, 0.25) is 5.02 Å². The van der Waals surface area contributed by atoms with Crippen molar-refractivity contribution in [3.63, 3.8) is 0 Å². The van der Waals surface area contributed by atoms with E-state index >= 15 is 0 Å². The van der Waals surface area contributed by atoms with Crippen LogP contribution in [0.1, 0.15) is 75.2 Å². The van der Waals surface area contributed by atoms with Crippen LogP contribution in [0.5, 0.6) is 6.01 Å². The summed E-state index contributed by atoms with van der Waals surface area (Å²) < 4.78 is 43.7. The Balaban J connectivity index is 1.03. The average Bonchev–Trinajstić information content (AvgIpc) is 3.91. The number of ketones is 1. The van der Waals surface area contributed by atoms with E-state index in [1.54, 1.807) is 12.1 Å². The Morgan fingerprint density at radius 3 is 2.25 bits per heavy atom. The van der Waals surface area contributed by atoms with Gasteiger partial charge in [0, 0.05) is 29.2 Å². The maximum atomic E-state index is 13.0. The highest BCUT2D eigenvalue weighted by Gasteiger charge is 2.56. The Morgan fingerprint density at radius 1 is 0.982 bits per heavy atom. The van der Waals surface area contributed by atoms with Crippen molar-refractivity contribution in [2.75, 3.05) is 23.8 Å². The van der Waals surface area contributed by atoms with E-state index in [1.807, 2.05) is 12.1 Å². The Labute approximate surface area is 320 Å². The zero-order valence-corrected chi connectivity index (χ0v) is 31.3. The molecule has 0 spiro atoms. The predicted octanol–water partition coefficient (Wildman–Crippen LogP) is 6.28. The number of ether oxygens (including phenoxy) is 1. The number of hydrogen-bond acceptors (Lipinski definition) is 10. The van der Waals surface area contributed by atoms with E-state index in [-0.39, 0.29) is 48.2 Å². The normalized spacial score (nSPS) is 22.3. The van der Waals surface area contributed by atoms with Gasteiger partial charge in [0.1, 0.15) is 6.04 Å². The molecule has 55 heavy (non-hydrogen) atoms. The summed E-state index contributed by atoms with van der Waals surface area (Å²) >= 11 is 6.03. The lowest BCUT2D eigenvalue weighted by Gasteiger charge is -2.62. The number of carbonyl (C=O) groups is 4. The molecule has 3 aromatic rings. The molecule has 5 N–H and O–H groups in total. The SMILES string of the molecule is C[C@H]1[C@@H](CC(=O)C(=O)NCC[C@H](NC(=O)c2ccc(Nc3nc(NC4(c5ccc(Cl)cc5)CC4)nc(OCC(F)(F)F)n3)cc2)C(=O)O)C[C@H]2C[C@@H]1C2(C)C. The monoisotopic (exact) mass is 785 g/mol. The van der Waals surface area contributed by atoms with Gasteiger partial charge < -0.3 is 31.1 Å². The van der Waals surface area contributed by atoms with Gasteiger partial charge in [-0.25, -0.2) is 4.79 Å². The average molecular weight is 786 g/mol. The molecule has 17 heteroatoms. The molecule has 2 amide bonds. The summed E-state index contributed by atoms with van der Waals surface area (Å²) in [5, 5.41) is 21.3. The van der Waals surface area contributed by atoms with Crippen molar-refractivity contribution in [3.8, 4) is 6.01 Å². The Morgan fingerprint density at radius 2 is 1.65 bits per heavy atom. The van der Waals surface area contributed by atoms with Crippen molar-refractivity contribution in [3.05, 3.63) is 64.7 Å². The first-order valence-electron chi connectivity index (χ1n) is 18.1. The standard InChI is InChI=1S/C38H43ClF3N7O6/c1-20-22(16-24-18-27(20)36(24,2)3)17-29(50)31(52)43-15-12-28(32(53)54)45-30(51)21-4-10-26(11-5-21)44-33-46-34(48-35(47-33)55-19-38(40,41)42)49-37(13-14-37)23-6-8-25(39)9-7-23/h4-11,20,22,24,27-28H,12-19H2,1-3H3,(H,43,52)(H,45,51)(H,53,54)(H2,44,46,47,48,49)/t20-,22+,24-,27-,28-/m0/s1. The Bertz CT molecular complexity index is 1920. The smallest absolute Gasteiger partial charge is 0.422 e. The third kappa shape index (κ3) is 9.46. The van der Waals surface area contributed by atoms with Gasteiger partial charge in [0.25, 0.3) is 11.8 Å². The number of hydrogen-bond donors (Lipinski definition) is 5. The van der Waals surface area contributed by atoms with Crippen LogP contribution in [0.4, 0.5) is 30.8 Å². The van der Waals surface area contributed by atoms with Crippen molar-refractivity contribution < 1.29 is 42.2 Å². The third-order valence-corrected chi connectivity index (χ3v) is 11.7. The predicted molar refractivity (Wildman–Crippen MR) is 196 cm³/mol. The molecular formula is C38H43ClF3N7O6. The molecule has 0 radical (unpaired) electrons. The molecule has 0 aliphatic heterocycles. The van der Waals surface area contributed by atoms with Crippen molar-refractivity contribution >= 4 is 52.8 Å². The molecule has 2 aromatic carbocycles. The zero-order valence-electron chi connectivity index (χ0n) is 30.5. The molecule has 7 rings (SSSR count). The largest absolute Gasteiger partial charge is 0.480 e. The van der Waals surface area contributed by atoms with E-state index in [4.69, 9.17) is 16.3 Å². The Kier molecular flexibility index (Phi) is 11.3. The summed E-state index contributed by atoms with van der Waals surface area (Å²) in [5.74, 6) is -1.92. The van der Waals surface area contributed by atoms with Crippen LogP contribution in [0.25, 0.3) is 0 Å². The number of aromatic nitrogens is 3. The number of halogens is 4. The summed E-state index contributed by atoms with van der Waals surface area (Å²) in [5.41, 5.74) is 1.05. The van der Waals surface area contributed by atoms with E-state index in [1.165, 1.54) is 24.3 Å². The molecule has 4 fully saturated rings. The molecule has 1 heterocycles. The highest BCUT2D eigenvalue weighted by Crippen LogP contribution is 2.63. The van der Waals surface area contributed by atoms with Crippen LogP contribution in [0.15, 0.2) is 48.5 Å². The van der Waals surface area contributed by atoms with Crippen molar-refractivity contribution in [2.24, 2.45) is 29.1 Å². The minimum atomic E-state index is -4.64. The fraction of sp³-hybridized carbons (Fsp3) is 0.500. The van der Waals surface area contributed by atoms with Crippen molar-refractivity contribution in [1.82, 2.24) is 25.6 Å². The number of amides is 2. The maximum absolute atomic E-state index is 13.0. The molecule has 5 atom stereocenters. The molecule has 0 saturated heterocycles. The fourth-order valence-electron chi connectivity index (χ4n) is 7.89. The van der Waals surface area contributed by atoms with Crippen LogP contribution in [-0.4, -0.2) is 69.0 Å². The van der Waals surface area contributed by atoms with Crippen LogP contribution in [0.3, 0.4) is 0 Å². The number of benzene rings is 2. The molecule has 294 valence electrons. The lowest BCUT2D eigenvalue weighted by molar-refractivity contribution is -0.154. The fourth-order valence-corrected chi connectivity index (χ4v) is 8.02.